The van der Waals surface area contributed by atoms with Crippen molar-refractivity contribution in [1.82, 2.24) is 5.32 Å². The minimum absolute atomic E-state index is 0.0542. The summed E-state index contributed by atoms with van der Waals surface area (Å²) in [6.45, 7) is 0. The number of hydrogen-bond donors (Lipinski definition) is 1. The average molecular weight is 277 g/mol. The van der Waals surface area contributed by atoms with E-state index in [4.69, 9.17) is 4.74 Å². The molecule has 1 N–H and O–H groups in total. The summed E-state index contributed by atoms with van der Waals surface area (Å²) in [6, 6.07) is 6.97. The van der Waals surface area contributed by atoms with Gasteiger partial charge in [0, 0.05) is 12.3 Å². The van der Waals surface area contributed by atoms with E-state index in [0.29, 0.717) is 11.3 Å². The summed E-state index contributed by atoms with van der Waals surface area (Å²) in [5.74, 6) is -2.64. The molecular weight excluding hydrogens is 262 g/mol. The van der Waals surface area contributed by atoms with Crippen LogP contribution in [0.1, 0.15) is 17.9 Å². The van der Waals surface area contributed by atoms with Gasteiger partial charge in [0.1, 0.15) is 11.7 Å². The molecule has 106 valence electrons. The number of hydrogen-bond acceptors (Lipinski definition) is 5. The first kappa shape index (κ1) is 14.0. The highest BCUT2D eigenvalue weighted by atomic mass is 16.5. The summed E-state index contributed by atoms with van der Waals surface area (Å²) in [7, 11) is 2.74. The molecule has 1 saturated heterocycles. The van der Waals surface area contributed by atoms with E-state index in [1.165, 1.54) is 14.2 Å². The maximum Gasteiger partial charge on any atom is 0.318 e. The Balaban J connectivity index is 2.40. The third kappa shape index (κ3) is 2.64. The van der Waals surface area contributed by atoms with Gasteiger partial charge in [-0.2, -0.15) is 0 Å². The minimum Gasteiger partial charge on any atom is -0.497 e. The van der Waals surface area contributed by atoms with Gasteiger partial charge in [-0.3, -0.25) is 19.7 Å². The molecule has 0 aliphatic carbocycles. The Morgan fingerprint density at radius 3 is 2.70 bits per heavy atom. The lowest BCUT2D eigenvalue weighted by Crippen LogP contribution is -2.48. The molecule has 0 spiro atoms. The molecule has 1 aromatic rings. The topological polar surface area (TPSA) is 81.7 Å². The van der Waals surface area contributed by atoms with Gasteiger partial charge in [0.2, 0.25) is 11.8 Å². The monoisotopic (exact) mass is 277 g/mol. The number of rotatable bonds is 3. The second-order valence-corrected chi connectivity index (χ2v) is 4.50. The van der Waals surface area contributed by atoms with E-state index in [2.05, 4.69) is 10.1 Å². The molecule has 0 unspecified atom stereocenters. The van der Waals surface area contributed by atoms with Gasteiger partial charge >= 0.3 is 5.97 Å². The Labute approximate surface area is 116 Å². The first-order chi connectivity index (χ1) is 9.56. The van der Waals surface area contributed by atoms with E-state index in [9.17, 15) is 14.4 Å². The molecule has 2 atom stereocenters. The number of piperidine rings is 1. The number of nitrogens with one attached hydrogen (secondary N) is 1. The summed E-state index contributed by atoms with van der Waals surface area (Å²) in [5, 5.41) is 2.16. The van der Waals surface area contributed by atoms with E-state index >= 15 is 0 Å². The highest BCUT2D eigenvalue weighted by Crippen LogP contribution is 2.33. The van der Waals surface area contributed by atoms with Crippen LogP contribution in [0.15, 0.2) is 24.3 Å². The lowest BCUT2D eigenvalue weighted by molar-refractivity contribution is -0.153. The average Bonchev–Trinajstić information content (AvgIpc) is 2.45. The molecule has 1 aliphatic rings. The number of carbonyl (C=O) groups is 3. The number of methoxy groups -OCH3 is 2. The van der Waals surface area contributed by atoms with Crippen molar-refractivity contribution >= 4 is 17.8 Å². The maximum atomic E-state index is 11.9. The van der Waals surface area contributed by atoms with Crippen molar-refractivity contribution in [2.45, 2.75) is 12.3 Å². The Morgan fingerprint density at radius 2 is 2.05 bits per heavy atom. The molecule has 2 rings (SSSR count). The number of carbonyl (C=O) groups excluding carboxylic acids is 3. The first-order valence-electron chi connectivity index (χ1n) is 6.12. The van der Waals surface area contributed by atoms with Crippen LogP contribution < -0.4 is 10.1 Å². The molecule has 0 aromatic heterocycles. The molecule has 0 bridgehead atoms. The van der Waals surface area contributed by atoms with Gasteiger partial charge in [-0.05, 0) is 17.7 Å². The summed E-state index contributed by atoms with van der Waals surface area (Å²) in [5.41, 5.74) is 0.697. The first-order valence-corrected chi connectivity index (χ1v) is 6.12. The predicted molar refractivity (Wildman–Crippen MR) is 69.0 cm³/mol. The summed E-state index contributed by atoms with van der Waals surface area (Å²) >= 11 is 0. The molecule has 1 aromatic carbocycles. The highest BCUT2D eigenvalue weighted by Gasteiger charge is 2.42. The summed E-state index contributed by atoms with van der Waals surface area (Å²) < 4.78 is 9.78. The van der Waals surface area contributed by atoms with E-state index in [1.54, 1.807) is 24.3 Å². The van der Waals surface area contributed by atoms with Crippen LogP contribution in [0.5, 0.6) is 5.75 Å². The lowest BCUT2D eigenvalue weighted by atomic mass is 9.80. The standard InChI is InChI=1S/C14H15NO5/c1-19-9-5-3-4-8(6-9)10-7-11(16)15-13(17)12(10)14(18)20-2/h3-6,10,12H,7H2,1-2H3,(H,15,16,17)/t10-,12-/m1/s1. The zero-order chi connectivity index (χ0) is 14.7. The van der Waals surface area contributed by atoms with Crippen molar-refractivity contribution in [2.24, 2.45) is 5.92 Å². The number of ether oxygens (including phenoxy) is 2. The van der Waals surface area contributed by atoms with Gasteiger partial charge in [-0.15, -0.1) is 0 Å². The highest BCUT2D eigenvalue weighted by molar-refractivity contribution is 6.08. The maximum absolute atomic E-state index is 11.9. The van der Waals surface area contributed by atoms with Crippen molar-refractivity contribution in [3.63, 3.8) is 0 Å². The summed E-state index contributed by atoms with van der Waals surface area (Å²) in [6.07, 6.45) is 0.0542. The Morgan fingerprint density at radius 1 is 1.30 bits per heavy atom. The smallest absolute Gasteiger partial charge is 0.318 e. The predicted octanol–water partition coefficient (Wildman–Crippen LogP) is 0.614. The van der Waals surface area contributed by atoms with Crippen molar-refractivity contribution in [1.29, 1.82) is 0 Å². The van der Waals surface area contributed by atoms with Gasteiger partial charge in [-0.25, -0.2) is 0 Å². The Hall–Kier alpha value is -2.37. The number of esters is 1. The van der Waals surface area contributed by atoms with Crippen LogP contribution in [0.2, 0.25) is 0 Å². The third-order valence-electron chi connectivity index (χ3n) is 3.33. The van der Waals surface area contributed by atoms with Crippen molar-refractivity contribution in [3.8, 4) is 5.75 Å². The SMILES string of the molecule is COC(=O)[C@H]1C(=O)NC(=O)C[C@@H]1c1cccc(OC)c1. The zero-order valence-corrected chi connectivity index (χ0v) is 11.2. The second-order valence-electron chi connectivity index (χ2n) is 4.50. The van der Waals surface area contributed by atoms with Crippen LogP contribution in [-0.2, 0) is 19.1 Å². The molecule has 6 nitrogen and oxygen atoms in total. The van der Waals surface area contributed by atoms with Crippen LogP contribution in [0, 0.1) is 5.92 Å². The molecule has 2 amide bonds. The largest absolute Gasteiger partial charge is 0.497 e. The van der Waals surface area contributed by atoms with E-state index in [0.717, 1.165) is 0 Å². The van der Waals surface area contributed by atoms with Gasteiger partial charge in [0.15, 0.2) is 0 Å². The molecule has 6 heteroatoms. The molecule has 20 heavy (non-hydrogen) atoms. The van der Waals surface area contributed by atoms with Crippen LogP contribution in [0.25, 0.3) is 0 Å². The quantitative estimate of drug-likeness (QED) is 0.497. The Bertz CT molecular complexity index is 554. The minimum atomic E-state index is -1.02. The van der Waals surface area contributed by atoms with Crippen LogP contribution in [0.4, 0.5) is 0 Å². The number of benzene rings is 1. The Kier molecular flexibility index (Phi) is 4.02. The van der Waals surface area contributed by atoms with E-state index in [-0.39, 0.29) is 6.42 Å². The molecule has 1 fully saturated rings. The van der Waals surface area contributed by atoms with E-state index in [1.807, 2.05) is 0 Å². The fraction of sp³-hybridized carbons (Fsp3) is 0.357. The van der Waals surface area contributed by atoms with Crippen LogP contribution >= 0.6 is 0 Å². The number of imide groups is 1. The number of amides is 2. The molecule has 1 aliphatic heterocycles. The molecule has 0 saturated carbocycles. The molecular formula is C14H15NO5. The summed E-state index contributed by atoms with van der Waals surface area (Å²) in [4.78, 5) is 35.2. The third-order valence-corrected chi connectivity index (χ3v) is 3.33. The normalized spacial score (nSPS) is 22.1. The fourth-order valence-electron chi connectivity index (χ4n) is 2.35. The van der Waals surface area contributed by atoms with Gasteiger partial charge in [-0.1, -0.05) is 12.1 Å². The van der Waals surface area contributed by atoms with Crippen LogP contribution in [0.3, 0.4) is 0 Å². The molecule has 1 heterocycles. The second kappa shape index (κ2) is 5.73. The van der Waals surface area contributed by atoms with Gasteiger partial charge in [0.25, 0.3) is 0 Å². The van der Waals surface area contributed by atoms with Crippen LogP contribution in [-0.4, -0.2) is 32.0 Å². The van der Waals surface area contributed by atoms with E-state index < -0.39 is 29.6 Å². The van der Waals surface area contributed by atoms with Gasteiger partial charge < -0.3 is 9.47 Å². The zero-order valence-electron chi connectivity index (χ0n) is 11.2. The van der Waals surface area contributed by atoms with Gasteiger partial charge in [0.05, 0.1) is 14.2 Å². The van der Waals surface area contributed by atoms with Crippen molar-refractivity contribution in [2.75, 3.05) is 14.2 Å². The fourth-order valence-corrected chi connectivity index (χ4v) is 2.35. The lowest BCUT2D eigenvalue weighted by Gasteiger charge is -2.28. The van der Waals surface area contributed by atoms with Crippen molar-refractivity contribution in [3.05, 3.63) is 29.8 Å². The molecule has 0 radical (unpaired) electrons. The van der Waals surface area contributed by atoms with Crippen molar-refractivity contribution < 1.29 is 23.9 Å².